The van der Waals surface area contributed by atoms with Crippen LogP contribution in [0.5, 0.6) is 0 Å². The summed E-state index contributed by atoms with van der Waals surface area (Å²) in [4.78, 5) is 0. The summed E-state index contributed by atoms with van der Waals surface area (Å²) in [6.07, 6.45) is 13.3. The number of rotatable bonds is 3. The molecule has 0 radical (unpaired) electrons. The Morgan fingerprint density at radius 1 is 1.85 bits per heavy atom. The quantitative estimate of drug-likeness (QED) is 0.517. The average molecular weight is 176 g/mol. The van der Waals surface area contributed by atoms with Gasteiger partial charge in [0.15, 0.2) is 0 Å². The number of hydrogen-bond donors (Lipinski definition) is 1. The molecule has 1 rings (SSSR count). The van der Waals surface area contributed by atoms with Crippen molar-refractivity contribution >= 4 is 0 Å². The Balaban J connectivity index is 2.43. The van der Waals surface area contributed by atoms with Gasteiger partial charge in [-0.25, -0.2) is 0 Å². The molecule has 0 aromatic carbocycles. The van der Waals surface area contributed by atoms with Crippen LogP contribution in [-0.2, 0) is 0 Å². The summed E-state index contributed by atoms with van der Waals surface area (Å²) in [5.41, 5.74) is 2.36. The molecule has 1 N–H and O–H groups in total. The first-order chi connectivity index (χ1) is 6.24. The average Bonchev–Trinajstić information content (AvgIpc) is 2.65. The zero-order valence-electron chi connectivity index (χ0n) is 8.09. The lowest BCUT2D eigenvalue weighted by Gasteiger charge is -2.03. The van der Waals surface area contributed by atoms with E-state index in [1.54, 1.807) is 0 Å². The Hall–Kier alpha value is -1.00. The molecule has 0 aromatic heterocycles. The predicted molar refractivity (Wildman–Crippen MR) is 55.1 cm³/mol. The summed E-state index contributed by atoms with van der Waals surface area (Å²) in [5, 5.41) is 9.28. The van der Waals surface area contributed by atoms with Crippen LogP contribution < -0.4 is 0 Å². The first-order valence-corrected chi connectivity index (χ1v) is 4.73. The SMILES string of the molecule is C#CC(O)C(C)=CCC1=CCCC1. The molecule has 70 valence electrons. The lowest BCUT2D eigenvalue weighted by atomic mass is 10.1. The maximum Gasteiger partial charge on any atom is 0.135 e. The molecule has 13 heavy (non-hydrogen) atoms. The molecule has 0 saturated heterocycles. The summed E-state index contributed by atoms with van der Waals surface area (Å²) in [5.74, 6) is 2.31. The molecule has 0 saturated carbocycles. The summed E-state index contributed by atoms with van der Waals surface area (Å²) in [7, 11) is 0. The van der Waals surface area contributed by atoms with Crippen LogP contribution in [-0.4, -0.2) is 11.2 Å². The fourth-order valence-electron chi connectivity index (χ4n) is 1.46. The summed E-state index contributed by atoms with van der Waals surface area (Å²) in [6, 6.07) is 0. The monoisotopic (exact) mass is 176 g/mol. The number of hydrogen-bond acceptors (Lipinski definition) is 1. The van der Waals surface area contributed by atoms with Gasteiger partial charge in [0.05, 0.1) is 0 Å². The van der Waals surface area contributed by atoms with E-state index in [1.165, 1.54) is 24.8 Å². The highest BCUT2D eigenvalue weighted by molar-refractivity contribution is 5.20. The highest BCUT2D eigenvalue weighted by Gasteiger charge is 2.04. The second-order valence-corrected chi connectivity index (χ2v) is 3.48. The fraction of sp³-hybridized carbons (Fsp3) is 0.500. The van der Waals surface area contributed by atoms with E-state index >= 15 is 0 Å². The minimum Gasteiger partial charge on any atom is -0.376 e. The van der Waals surface area contributed by atoms with E-state index in [0.717, 1.165) is 12.0 Å². The van der Waals surface area contributed by atoms with Crippen LogP contribution in [0.4, 0.5) is 0 Å². The molecule has 1 nitrogen and oxygen atoms in total. The van der Waals surface area contributed by atoms with Gasteiger partial charge in [0, 0.05) is 0 Å². The highest BCUT2D eigenvalue weighted by atomic mass is 16.3. The van der Waals surface area contributed by atoms with E-state index < -0.39 is 6.10 Å². The summed E-state index contributed by atoms with van der Waals surface area (Å²) in [6.45, 7) is 1.88. The molecule has 0 fully saturated rings. The van der Waals surface area contributed by atoms with Crippen molar-refractivity contribution < 1.29 is 5.11 Å². The Bertz CT molecular complexity index is 265. The van der Waals surface area contributed by atoms with Crippen molar-refractivity contribution in [2.24, 2.45) is 0 Å². The Morgan fingerprint density at radius 2 is 2.62 bits per heavy atom. The van der Waals surface area contributed by atoms with Gasteiger partial charge < -0.3 is 5.11 Å². The maximum atomic E-state index is 9.28. The van der Waals surface area contributed by atoms with E-state index in [9.17, 15) is 5.11 Å². The van der Waals surface area contributed by atoms with Gasteiger partial charge in [0.25, 0.3) is 0 Å². The zero-order chi connectivity index (χ0) is 9.68. The molecule has 0 amide bonds. The maximum absolute atomic E-state index is 9.28. The van der Waals surface area contributed by atoms with Crippen LogP contribution in [0.2, 0.25) is 0 Å². The van der Waals surface area contributed by atoms with E-state index in [4.69, 9.17) is 6.42 Å². The highest BCUT2D eigenvalue weighted by Crippen LogP contribution is 2.21. The largest absolute Gasteiger partial charge is 0.376 e. The number of terminal acetylenes is 1. The molecular weight excluding hydrogens is 160 g/mol. The van der Waals surface area contributed by atoms with Crippen molar-refractivity contribution in [1.82, 2.24) is 0 Å². The Kier molecular flexibility index (Phi) is 3.79. The van der Waals surface area contributed by atoms with Crippen LogP contribution in [0, 0.1) is 12.3 Å². The number of aliphatic hydroxyl groups is 1. The van der Waals surface area contributed by atoms with E-state index in [0.29, 0.717) is 0 Å². The molecule has 1 atom stereocenters. The molecule has 1 aliphatic carbocycles. The van der Waals surface area contributed by atoms with E-state index in [2.05, 4.69) is 12.0 Å². The lowest BCUT2D eigenvalue weighted by Crippen LogP contribution is -2.03. The number of allylic oxidation sites excluding steroid dienone is 3. The van der Waals surface area contributed by atoms with Crippen molar-refractivity contribution in [3.8, 4) is 12.3 Å². The molecular formula is C12H16O. The van der Waals surface area contributed by atoms with E-state index in [1.807, 2.05) is 13.0 Å². The van der Waals surface area contributed by atoms with Crippen molar-refractivity contribution in [1.29, 1.82) is 0 Å². The van der Waals surface area contributed by atoms with Crippen molar-refractivity contribution in [3.63, 3.8) is 0 Å². The standard InChI is InChI=1S/C12H16O/c1-3-12(13)10(2)8-9-11-6-4-5-7-11/h1,6,8,12-13H,4-5,7,9H2,2H3. The second kappa shape index (κ2) is 4.89. The molecule has 1 unspecified atom stereocenters. The summed E-state index contributed by atoms with van der Waals surface area (Å²) >= 11 is 0. The van der Waals surface area contributed by atoms with Crippen LogP contribution in [0.25, 0.3) is 0 Å². The van der Waals surface area contributed by atoms with E-state index in [-0.39, 0.29) is 0 Å². The topological polar surface area (TPSA) is 20.2 Å². The predicted octanol–water partition coefficient (Wildman–Crippen LogP) is 2.43. The Morgan fingerprint density at radius 3 is 3.15 bits per heavy atom. The first-order valence-electron chi connectivity index (χ1n) is 4.73. The minimum absolute atomic E-state index is 0.706. The van der Waals surface area contributed by atoms with Crippen molar-refractivity contribution in [2.75, 3.05) is 0 Å². The molecule has 0 aromatic rings. The molecule has 1 aliphatic rings. The van der Waals surface area contributed by atoms with Gasteiger partial charge in [-0.1, -0.05) is 23.6 Å². The third kappa shape index (κ3) is 3.08. The van der Waals surface area contributed by atoms with Gasteiger partial charge in [-0.15, -0.1) is 6.42 Å². The van der Waals surface area contributed by atoms with Crippen molar-refractivity contribution in [2.45, 2.75) is 38.7 Å². The summed E-state index contributed by atoms with van der Waals surface area (Å²) < 4.78 is 0. The molecule has 0 aliphatic heterocycles. The van der Waals surface area contributed by atoms with Gasteiger partial charge in [-0.05, 0) is 38.2 Å². The van der Waals surface area contributed by atoms with Gasteiger partial charge >= 0.3 is 0 Å². The van der Waals surface area contributed by atoms with Gasteiger partial charge in [0.1, 0.15) is 6.10 Å². The molecule has 0 heterocycles. The third-order valence-electron chi connectivity index (χ3n) is 2.41. The zero-order valence-corrected chi connectivity index (χ0v) is 8.09. The Labute approximate surface area is 80.2 Å². The normalized spacial score (nSPS) is 19.5. The molecule has 0 bridgehead atoms. The second-order valence-electron chi connectivity index (χ2n) is 3.48. The molecule has 1 heteroatoms. The van der Waals surface area contributed by atoms with Crippen LogP contribution in [0.3, 0.4) is 0 Å². The molecule has 0 spiro atoms. The van der Waals surface area contributed by atoms with Crippen LogP contribution in [0.1, 0.15) is 32.6 Å². The lowest BCUT2D eigenvalue weighted by molar-refractivity contribution is 0.268. The third-order valence-corrected chi connectivity index (χ3v) is 2.41. The van der Waals surface area contributed by atoms with Crippen LogP contribution in [0.15, 0.2) is 23.3 Å². The first kappa shape index (κ1) is 10.1. The number of aliphatic hydroxyl groups excluding tert-OH is 1. The van der Waals surface area contributed by atoms with Gasteiger partial charge in [-0.2, -0.15) is 0 Å². The van der Waals surface area contributed by atoms with Gasteiger partial charge in [-0.3, -0.25) is 0 Å². The smallest absolute Gasteiger partial charge is 0.135 e. The van der Waals surface area contributed by atoms with Gasteiger partial charge in [0.2, 0.25) is 0 Å². The fourth-order valence-corrected chi connectivity index (χ4v) is 1.46. The van der Waals surface area contributed by atoms with Crippen LogP contribution >= 0.6 is 0 Å². The minimum atomic E-state index is -0.706. The van der Waals surface area contributed by atoms with Crippen molar-refractivity contribution in [3.05, 3.63) is 23.3 Å².